The summed E-state index contributed by atoms with van der Waals surface area (Å²) in [5, 5.41) is 17.5. The largest absolute Gasteiger partial charge is 0.494 e. The molecule has 8 nitrogen and oxygen atoms in total. The van der Waals surface area contributed by atoms with Gasteiger partial charge in [0.05, 0.1) is 11.5 Å². The fourth-order valence-corrected chi connectivity index (χ4v) is 2.12. The van der Waals surface area contributed by atoms with Crippen LogP contribution in [-0.4, -0.2) is 32.5 Å². The first-order chi connectivity index (χ1) is 9.65. The Morgan fingerprint density at radius 3 is 2.75 bits per heavy atom. The summed E-state index contributed by atoms with van der Waals surface area (Å²) in [6, 6.07) is 6.00. The Hall–Kier alpha value is -2.29. The third-order valence-corrected chi connectivity index (χ3v) is 3.25. The van der Waals surface area contributed by atoms with Crippen LogP contribution in [0.3, 0.4) is 0 Å². The normalized spacial score (nSPS) is 10.4. The molecule has 0 amide bonds. The monoisotopic (exact) mass is 295 g/mol. The number of aromatic amines is 1. The van der Waals surface area contributed by atoms with Crippen molar-refractivity contribution in [2.24, 2.45) is 0 Å². The van der Waals surface area contributed by atoms with E-state index in [1.807, 2.05) is 0 Å². The maximum absolute atomic E-state index is 10.5. The number of nitro benzene ring substituents is 1. The summed E-state index contributed by atoms with van der Waals surface area (Å²) >= 11 is 1.48. The number of benzene rings is 1. The second-order valence-corrected chi connectivity index (χ2v) is 4.87. The van der Waals surface area contributed by atoms with Gasteiger partial charge < -0.3 is 10.5 Å². The van der Waals surface area contributed by atoms with E-state index in [2.05, 4.69) is 15.2 Å². The fourth-order valence-electron chi connectivity index (χ4n) is 1.40. The third kappa shape index (κ3) is 4.12. The van der Waals surface area contributed by atoms with Crippen LogP contribution >= 0.6 is 11.8 Å². The zero-order valence-corrected chi connectivity index (χ0v) is 11.3. The number of nitro groups is 1. The molecule has 0 spiro atoms. The maximum atomic E-state index is 10.5. The number of aromatic nitrogens is 3. The average molecular weight is 295 g/mol. The molecule has 0 radical (unpaired) electrons. The third-order valence-electron chi connectivity index (χ3n) is 2.32. The van der Waals surface area contributed by atoms with Crippen molar-refractivity contribution in [1.29, 1.82) is 0 Å². The number of nitrogens with zero attached hydrogens (tertiary/aromatic N) is 3. The summed E-state index contributed by atoms with van der Waals surface area (Å²) in [6.07, 6.45) is 0.802. The molecule has 0 atom stereocenters. The van der Waals surface area contributed by atoms with E-state index >= 15 is 0 Å². The van der Waals surface area contributed by atoms with Crippen LogP contribution < -0.4 is 10.5 Å². The molecule has 9 heteroatoms. The molecular weight excluding hydrogens is 282 g/mol. The fraction of sp³-hybridized carbons (Fsp3) is 0.273. The summed E-state index contributed by atoms with van der Waals surface area (Å²) in [4.78, 5) is 14.0. The minimum absolute atomic E-state index is 0.0510. The number of nitrogen functional groups attached to an aromatic ring is 1. The van der Waals surface area contributed by atoms with Crippen LogP contribution in [0.4, 0.5) is 11.6 Å². The second kappa shape index (κ2) is 6.75. The van der Waals surface area contributed by atoms with Crippen LogP contribution in [0.15, 0.2) is 29.4 Å². The number of nitrogens with one attached hydrogen (secondary N) is 1. The second-order valence-electron chi connectivity index (χ2n) is 3.80. The van der Waals surface area contributed by atoms with Crippen LogP contribution in [0.2, 0.25) is 0 Å². The van der Waals surface area contributed by atoms with Crippen molar-refractivity contribution >= 4 is 23.4 Å². The number of rotatable bonds is 7. The average Bonchev–Trinajstić information content (AvgIpc) is 2.84. The first-order valence-corrected chi connectivity index (χ1v) is 6.81. The van der Waals surface area contributed by atoms with Crippen LogP contribution in [-0.2, 0) is 0 Å². The number of H-pyrrole nitrogens is 1. The highest BCUT2D eigenvalue weighted by molar-refractivity contribution is 7.99. The van der Waals surface area contributed by atoms with Gasteiger partial charge in [-0.3, -0.25) is 10.1 Å². The van der Waals surface area contributed by atoms with Crippen molar-refractivity contribution < 1.29 is 9.66 Å². The molecule has 1 heterocycles. The predicted octanol–water partition coefficient (Wildman–Crippen LogP) is 1.86. The van der Waals surface area contributed by atoms with E-state index in [9.17, 15) is 10.1 Å². The Labute approximate surface area is 118 Å². The van der Waals surface area contributed by atoms with Gasteiger partial charge in [-0.25, -0.2) is 5.10 Å². The van der Waals surface area contributed by atoms with Gasteiger partial charge in [-0.1, -0.05) is 11.8 Å². The lowest BCUT2D eigenvalue weighted by Gasteiger charge is -2.04. The standard InChI is InChI=1S/C11H13N5O3S/c12-10-13-11(15-14-10)20-7-1-6-19-9-4-2-8(3-5-9)16(17)18/h2-5H,1,6-7H2,(H3,12,13,14,15). The molecule has 2 rings (SSSR count). The lowest BCUT2D eigenvalue weighted by atomic mass is 10.3. The van der Waals surface area contributed by atoms with Crippen molar-refractivity contribution in [3.05, 3.63) is 34.4 Å². The molecule has 0 fully saturated rings. The van der Waals surface area contributed by atoms with Crippen LogP contribution in [0.5, 0.6) is 5.75 Å². The van der Waals surface area contributed by atoms with Gasteiger partial charge in [0.2, 0.25) is 11.1 Å². The number of nitrogens with two attached hydrogens (primary N) is 1. The number of hydrogen-bond donors (Lipinski definition) is 2. The predicted molar refractivity (Wildman–Crippen MR) is 74.7 cm³/mol. The van der Waals surface area contributed by atoms with Crippen LogP contribution in [0.1, 0.15) is 6.42 Å². The summed E-state index contributed by atoms with van der Waals surface area (Å²) in [6.45, 7) is 0.519. The lowest BCUT2D eigenvalue weighted by Crippen LogP contribution is -1.99. The molecule has 3 N–H and O–H groups in total. The van der Waals surface area contributed by atoms with Crippen molar-refractivity contribution in [2.75, 3.05) is 18.1 Å². The van der Waals surface area contributed by atoms with Gasteiger partial charge in [-0.2, -0.15) is 4.98 Å². The zero-order valence-electron chi connectivity index (χ0n) is 10.5. The first-order valence-electron chi connectivity index (χ1n) is 5.83. The Bertz CT molecular complexity index is 572. The summed E-state index contributed by atoms with van der Waals surface area (Å²) in [5.41, 5.74) is 5.45. The first kappa shape index (κ1) is 14.1. The van der Waals surface area contributed by atoms with E-state index in [-0.39, 0.29) is 5.69 Å². The molecule has 20 heavy (non-hydrogen) atoms. The molecule has 0 saturated heterocycles. The molecule has 0 bridgehead atoms. The summed E-state index contributed by atoms with van der Waals surface area (Å²) in [7, 11) is 0. The van der Waals surface area contributed by atoms with E-state index < -0.39 is 4.92 Å². The van der Waals surface area contributed by atoms with E-state index in [1.165, 1.54) is 23.9 Å². The number of non-ortho nitro benzene ring substituents is 1. The van der Waals surface area contributed by atoms with Gasteiger partial charge in [0.15, 0.2) is 0 Å². The SMILES string of the molecule is Nc1nc(SCCCOc2ccc([N+](=O)[O-])cc2)n[nH]1. The molecule has 0 saturated carbocycles. The highest BCUT2D eigenvalue weighted by Gasteiger charge is 2.04. The number of thioether (sulfide) groups is 1. The Morgan fingerprint density at radius 2 is 2.15 bits per heavy atom. The van der Waals surface area contributed by atoms with Crippen molar-refractivity contribution in [3.8, 4) is 5.75 Å². The Balaban J connectivity index is 1.66. The zero-order chi connectivity index (χ0) is 14.4. The van der Waals surface area contributed by atoms with E-state index in [0.29, 0.717) is 23.5 Å². The molecule has 106 valence electrons. The quantitative estimate of drug-likeness (QED) is 0.346. The molecule has 2 aromatic rings. The minimum Gasteiger partial charge on any atom is -0.494 e. The van der Waals surface area contributed by atoms with Crippen LogP contribution in [0, 0.1) is 10.1 Å². The molecule has 0 aliphatic carbocycles. The lowest BCUT2D eigenvalue weighted by molar-refractivity contribution is -0.384. The van der Waals surface area contributed by atoms with Gasteiger partial charge in [0, 0.05) is 17.9 Å². The van der Waals surface area contributed by atoms with Gasteiger partial charge in [-0.15, -0.1) is 5.10 Å². The number of hydrogen-bond acceptors (Lipinski definition) is 7. The van der Waals surface area contributed by atoms with Crippen LogP contribution in [0.25, 0.3) is 0 Å². The van der Waals surface area contributed by atoms with E-state index in [0.717, 1.165) is 12.2 Å². The molecule has 0 aliphatic heterocycles. The van der Waals surface area contributed by atoms with Gasteiger partial charge in [0.25, 0.3) is 5.69 Å². The highest BCUT2D eigenvalue weighted by Crippen LogP contribution is 2.18. The van der Waals surface area contributed by atoms with Gasteiger partial charge >= 0.3 is 0 Å². The van der Waals surface area contributed by atoms with E-state index in [1.54, 1.807) is 12.1 Å². The number of anilines is 1. The smallest absolute Gasteiger partial charge is 0.269 e. The molecule has 1 aromatic heterocycles. The summed E-state index contributed by atoms with van der Waals surface area (Å²) in [5.74, 6) is 1.71. The molecular formula is C11H13N5O3S. The molecule has 0 unspecified atom stereocenters. The Kier molecular flexibility index (Phi) is 4.77. The maximum Gasteiger partial charge on any atom is 0.269 e. The van der Waals surface area contributed by atoms with Crippen molar-refractivity contribution in [1.82, 2.24) is 15.2 Å². The minimum atomic E-state index is -0.441. The summed E-state index contributed by atoms with van der Waals surface area (Å²) < 4.78 is 5.47. The Morgan fingerprint density at radius 1 is 1.40 bits per heavy atom. The number of ether oxygens (including phenoxy) is 1. The van der Waals surface area contributed by atoms with E-state index in [4.69, 9.17) is 10.5 Å². The topological polar surface area (TPSA) is 120 Å². The van der Waals surface area contributed by atoms with Crippen molar-refractivity contribution in [2.45, 2.75) is 11.6 Å². The van der Waals surface area contributed by atoms with Gasteiger partial charge in [-0.05, 0) is 18.6 Å². The highest BCUT2D eigenvalue weighted by atomic mass is 32.2. The molecule has 1 aromatic carbocycles. The van der Waals surface area contributed by atoms with Crippen molar-refractivity contribution in [3.63, 3.8) is 0 Å². The molecule has 0 aliphatic rings. The van der Waals surface area contributed by atoms with Gasteiger partial charge in [0.1, 0.15) is 5.75 Å².